The van der Waals surface area contributed by atoms with Crippen LogP contribution in [-0.4, -0.2) is 37.2 Å². The monoisotopic (exact) mass is 487 g/mol. The van der Waals surface area contributed by atoms with Gasteiger partial charge in [0, 0.05) is 11.2 Å². The molecule has 2 heterocycles. The highest BCUT2D eigenvalue weighted by atomic mass is 35.5. The summed E-state index contributed by atoms with van der Waals surface area (Å²) in [4.78, 5) is 23.4. The first-order valence-electron chi connectivity index (χ1n) is 9.49. The molecule has 0 unspecified atom stereocenters. The first-order chi connectivity index (χ1) is 15.4. The average molecular weight is 488 g/mol. The largest absolute Gasteiger partial charge is 0.497 e. The summed E-state index contributed by atoms with van der Waals surface area (Å²) in [6, 6.07) is 16.5. The van der Waals surface area contributed by atoms with Crippen LogP contribution in [0.15, 0.2) is 71.8 Å². The van der Waals surface area contributed by atoms with Crippen LogP contribution < -0.4 is 9.64 Å². The van der Waals surface area contributed by atoms with Crippen LogP contribution >= 0.6 is 22.9 Å². The van der Waals surface area contributed by atoms with Crippen molar-refractivity contribution in [2.75, 3.05) is 17.8 Å². The molecule has 2 aromatic heterocycles. The normalized spacial score (nSPS) is 11.4. The first kappa shape index (κ1) is 22.2. The number of rotatable bonds is 7. The summed E-state index contributed by atoms with van der Waals surface area (Å²) in [5.41, 5.74) is 1.30. The van der Waals surface area contributed by atoms with Crippen molar-refractivity contribution in [3.05, 3.63) is 77.6 Å². The molecule has 4 aromatic rings. The van der Waals surface area contributed by atoms with E-state index in [-0.39, 0.29) is 11.4 Å². The van der Waals surface area contributed by atoms with Gasteiger partial charge < -0.3 is 4.74 Å². The summed E-state index contributed by atoms with van der Waals surface area (Å²) < 4.78 is 31.8. The Morgan fingerprint density at radius 1 is 1.12 bits per heavy atom. The zero-order valence-corrected chi connectivity index (χ0v) is 19.3. The number of carbonyl (C=O) groups excluding carboxylic acids is 1. The predicted octanol–water partition coefficient (Wildman–Crippen LogP) is 4.36. The van der Waals surface area contributed by atoms with Crippen LogP contribution in [0.25, 0.3) is 10.2 Å². The number of anilines is 1. The number of amides is 1. The van der Waals surface area contributed by atoms with E-state index in [1.54, 1.807) is 43.6 Å². The molecular weight excluding hydrogens is 470 g/mol. The van der Waals surface area contributed by atoms with Gasteiger partial charge in [-0.2, -0.15) is 0 Å². The number of halogens is 1. The number of thiazole rings is 1. The number of fused-ring (bicyclic) bond motifs is 1. The Kier molecular flexibility index (Phi) is 6.40. The molecule has 0 aliphatic heterocycles. The van der Waals surface area contributed by atoms with Gasteiger partial charge in [0.25, 0.3) is 0 Å². The van der Waals surface area contributed by atoms with Crippen molar-refractivity contribution in [1.82, 2.24) is 9.97 Å². The Labute approximate surface area is 194 Å². The number of nitrogens with zero attached hydrogens (tertiary/aromatic N) is 3. The lowest BCUT2D eigenvalue weighted by atomic mass is 10.3. The number of methoxy groups -OCH3 is 1. The number of hydrogen-bond donors (Lipinski definition) is 0. The lowest BCUT2D eigenvalue weighted by Gasteiger charge is -2.19. The number of pyridine rings is 1. The highest BCUT2D eigenvalue weighted by molar-refractivity contribution is 7.92. The maximum Gasteiger partial charge on any atom is 0.244 e. The summed E-state index contributed by atoms with van der Waals surface area (Å²) in [6.07, 6.45) is 1.62. The molecule has 0 atom stereocenters. The molecule has 0 aliphatic rings. The summed E-state index contributed by atoms with van der Waals surface area (Å²) >= 11 is 7.14. The van der Waals surface area contributed by atoms with Crippen LogP contribution in [0.5, 0.6) is 5.75 Å². The summed E-state index contributed by atoms with van der Waals surface area (Å²) in [5, 5.41) is 0.798. The predicted molar refractivity (Wildman–Crippen MR) is 125 cm³/mol. The summed E-state index contributed by atoms with van der Waals surface area (Å²) in [7, 11) is -2.30. The number of carbonyl (C=O) groups is 1. The van der Waals surface area contributed by atoms with E-state index >= 15 is 0 Å². The fourth-order valence-electron chi connectivity index (χ4n) is 3.02. The number of aromatic nitrogens is 2. The number of hydrogen-bond acceptors (Lipinski definition) is 7. The Hall–Kier alpha value is -3.01. The Morgan fingerprint density at radius 2 is 1.91 bits per heavy atom. The maximum atomic E-state index is 13.2. The minimum atomic E-state index is -3.88. The van der Waals surface area contributed by atoms with E-state index in [0.29, 0.717) is 27.1 Å². The molecule has 10 heteroatoms. The van der Waals surface area contributed by atoms with E-state index < -0.39 is 21.5 Å². The highest BCUT2D eigenvalue weighted by Crippen LogP contribution is 2.32. The zero-order chi connectivity index (χ0) is 22.7. The van der Waals surface area contributed by atoms with Crippen LogP contribution in [0.2, 0.25) is 5.02 Å². The summed E-state index contributed by atoms with van der Waals surface area (Å²) in [5.74, 6) is -0.641. The Balaban J connectivity index is 1.69. The molecule has 0 saturated heterocycles. The molecule has 0 spiro atoms. The minimum absolute atomic E-state index is 0.0297. The molecule has 0 aliphatic carbocycles. The van der Waals surface area contributed by atoms with Gasteiger partial charge in [-0.15, -0.1) is 0 Å². The topological polar surface area (TPSA) is 89.5 Å². The van der Waals surface area contributed by atoms with E-state index in [1.807, 2.05) is 6.07 Å². The van der Waals surface area contributed by atoms with Crippen molar-refractivity contribution < 1.29 is 17.9 Å². The van der Waals surface area contributed by atoms with Crippen molar-refractivity contribution in [3.63, 3.8) is 0 Å². The minimum Gasteiger partial charge on any atom is -0.497 e. The van der Waals surface area contributed by atoms with E-state index in [9.17, 15) is 13.2 Å². The molecule has 0 fully saturated rings. The lowest BCUT2D eigenvalue weighted by molar-refractivity contribution is -0.116. The van der Waals surface area contributed by atoms with Gasteiger partial charge in [0.2, 0.25) is 5.91 Å². The van der Waals surface area contributed by atoms with Gasteiger partial charge in [0.05, 0.1) is 34.5 Å². The number of sulfone groups is 1. The second kappa shape index (κ2) is 9.23. The molecule has 2 aromatic carbocycles. The first-order valence-corrected chi connectivity index (χ1v) is 12.3. The molecule has 0 saturated carbocycles. The molecule has 0 bridgehead atoms. The third kappa shape index (κ3) is 4.90. The molecule has 0 radical (unpaired) electrons. The van der Waals surface area contributed by atoms with E-state index in [1.165, 1.54) is 40.5 Å². The molecule has 4 rings (SSSR count). The molecule has 164 valence electrons. The summed E-state index contributed by atoms with van der Waals surface area (Å²) in [6.45, 7) is 0.0900. The van der Waals surface area contributed by atoms with Gasteiger partial charge in [-0.25, -0.2) is 13.4 Å². The third-order valence-corrected chi connectivity index (χ3v) is 7.56. The quantitative estimate of drug-likeness (QED) is 0.384. The van der Waals surface area contributed by atoms with Crippen LogP contribution in [0.4, 0.5) is 5.13 Å². The SMILES string of the molecule is COc1ccc2nc(N(Cc3ccccn3)C(=O)CS(=O)(=O)c3ccc(Cl)cc3)sc2c1. The lowest BCUT2D eigenvalue weighted by Crippen LogP contribution is -2.35. The number of benzene rings is 2. The van der Waals surface area contributed by atoms with E-state index in [2.05, 4.69) is 9.97 Å². The van der Waals surface area contributed by atoms with Crippen molar-refractivity contribution in [2.24, 2.45) is 0 Å². The third-order valence-electron chi connectivity index (χ3n) is 4.65. The van der Waals surface area contributed by atoms with Crippen molar-refractivity contribution in [1.29, 1.82) is 0 Å². The smallest absolute Gasteiger partial charge is 0.244 e. The second-order valence-corrected chi connectivity index (χ2v) is 10.3. The van der Waals surface area contributed by atoms with Gasteiger partial charge >= 0.3 is 0 Å². The van der Waals surface area contributed by atoms with Crippen molar-refractivity contribution in [2.45, 2.75) is 11.4 Å². The molecular formula is C22H18ClN3O4S2. The Morgan fingerprint density at radius 3 is 2.59 bits per heavy atom. The second-order valence-electron chi connectivity index (χ2n) is 6.84. The highest BCUT2D eigenvalue weighted by Gasteiger charge is 2.27. The maximum absolute atomic E-state index is 13.2. The fourth-order valence-corrected chi connectivity index (χ4v) is 5.35. The van der Waals surface area contributed by atoms with Gasteiger partial charge in [-0.05, 0) is 54.6 Å². The van der Waals surface area contributed by atoms with Gasteiger partial charge in [-0.3, -0.25) is 14.7 Å². The Bertz CT molecular complexity index is 1360. The molecule has 7 nitrogen and oxygen atoms in total. The van der Waals surface area contributed by atoms with Crippen molar-refractivity contribution in [3.8, 4) is 5.75 Å². The molecule has 0 N–H and O–H groups in total. The standard InChI is InChI=1S/C22H18ClN3O4S2/c1-30-17-7-10-19-20(12-17)31-22(25-19)26(13-16-4-2-3-11-24-16)21(27)14-32(28,29)18-8-5-15(23)6-9-18/h2-12H,13-14H2,1H3. The zero-order valence-electron chi connectivity index (χ0n) is 16.9. The van der Waals surface area contributed by atoms with E-state index in [0.717, 1.165) is 4.70 Å². The fraction of sp³-hybridized carbons (Fsp3) is 0.136. The van der Waals surface area contributed by atoms with Crippen LogP contribution in [0.1, 0.15) is 5.69 Å². The molecule has 1 amide bonds. The van der Waals surface area contributed by atoms with Gasteiger partial charge in [0.1, 0.15) is 11.5 Å². The van der Waals surface area contributed by atoms with Crippen LogP contribution in [0.3, 0.4) is 0 Å². The average Bonchev–Trinajstić information content (AvgIpc) is 3.21. The van der Waals surface area contributed by atoms with Crippen LogP contribution in [0, 0.1) is 0 Å². The van der Waals surface area contributed by atoms with Gasteiger partial charge in [-0.1, -0.05) is 29.0 Å². The van der Waals surface area contributed by atoms with Crippen LogP contribution in [-0.2, 0) is 21.2 Å². The van der Waals surface area contributed by atoms with Crippen molar-refractivity contribution >= 4 is 54.0 Å². The van der Waals surface area contributed by atoms with Gasteiger partial charge in [0.15, 0.2) is 15.0 Å². The molecule has 32 heavy (non-hydrogen) atoms. The van der Waals surface area contributed by atoms with E-state index in [4.69, 9.17) is 16.3 Å². The number of ether oxygens (including phenoxy) is 1.